The number of carbonyl (C=O) groups is 4. The summed E-state index contributed by atoms with van der Waals surface area (Å²) in [5.41, 5.74) is 1.52. The first-order valence-corrected chi connectivity index (χ1v) is 9.46. The summed E-state index contributed by atoms with van der Waals surface area (Å²) in [5.74, 6) is -2.40. The number of rotatable bonds is 5. The molecule has 0 aromatic heterocycles. The number of fused-ring (bicyclic) bond motifs is 5. The minimum absolute atomic E-state index is 0.0829. The van der Waals surface area contributed by atoms with Crippen LogP contribution in [0, 0.1) is 30.6 Å². The number of amides is 3. The molecule has 7 heteroatoms. The molecule has 1 aromatic carbocycles. The summed E-state index contributed by atoms with van der Waals surface area (Å²) in [6, 6.07) is 6.21. The van der Waals surface area contributed by atoms with Crippen molar-refractivity contribution < 1.29 is 23.9 Å². The van der Waals surface area contributed by atoms with Gasteiger partial charge in [-0.1, -0.05) is 30.4 Å². The molecule has 146 valence electrons. The molecule has 1 saturated heterocycles. The van der Waals surface area contributed by atoms with Gasteiger partial charge < -0.3 is 10.1 Å². The van der Waals surface area contributed by atoms with Crippen molar-refractivity contribution in [1.29, 1.82) is 0 Å². The van der Waals surface area contributed by atoms with Gasteiger partial charge in [0.1, 0.15) is 6.04 Å². The van der Waals surface area contributed by atoms with Gasteiger partial charge in [-0.25, -0.2) is 4.79 Å². The zero-order chi connectivity index (χ0) is 20.0. The molecule has 1 heterocycles. The average molecular weight is 382 g/mol. The lowest BCUT2D eigenvalue weighted by molar-refractivity contribution is -0.159. The maximum Gasteiger partial charge on any atom is 0.329 e. The van der Waals surface area contributed by atoms with Gasteiger partial charge in [0.15, 0.2) is 6.61 Å². The molecule has 28 heavy (non-hydrogen) atoms. The first kappa shape index (κ1) is 18.4. The summed E-state index contributed by atoms with van der Waals surface area (Å²) in [6.07, 6.45) is 4.83. The Morgan fingerprint density at radius 1 is 1.14 bits per heavy atom. The molecule has 3 amide bonds. The van der Waals surface area contributed by atoms with E-state index in [9.17, 15) is 19.2 Å². The molecule has 1 saturated carbocycles. The number of hydrogen-bond acceptors (Lipinski definition) is 5. The van der Waals surface area contributed by atoms with E-state index in [1.54, 1.807) is 12.1 Å². The van der Waals surface area contributed by atoms with Crippen LogP contribution in [0.25, 0.3) is 0 Å². The van der Waals surface area contributed by atoms with E-state index in [0.29, 0.717) is 5.69 Å². The number of esters is 1. The van der Waals surface area contributed by atoms with E-state index < -0.39 is 24.5 Å². The summed E-state index contributed by atoms with van der Waals surface area (Å²) in [5, 5.41) is 2.67. The number of allylic oxidation sites excluding steroid dienone is 2. The van der Waals surface area contributed by atoms with Gasteiger partial charge in [0, 0.05) is 5.69 Å². The van der Waals surface area contributed by atoms with Gasteiger partial charge in [0.2, 0.25) is 11.8 Å². The summed E-state index contributed by atoms with van der Waals surface area (Å²) < 4.78 is 5.07. The predicted molar refractivity (Wildman–Crippen MR) is 99.8 cm³/mol. The number of hydrogen-bond donors (Lipinski definition) is 1. The van der Waals surface area contributed by atoms with Crippen LogP contribution in [-0.2, 0) is 23.9 Å². The second-order valence-corrected chi connectivity index (χ2v) is 7.69. The third-order valence-corrected chi connectivity index (χ3v) is 6.00. The van der Waals surface area contributed by atoms with E-state index in [1.165, 1.54) is 6.92 Å². The summed E-state index contributed by atoms with van der Waals surface area (Å²) >= 11 is 0. The van der Waals surface area contributed by atoms with E-state index >= 15 is 0 Å². The lowest BCUT2D eigenvalue weighted by Gasteiger charge is -2.23. The second-order valence-electron chi connectivity index (χ2n) is 7.69. The molecule has 2 fully saturated rings. The van der Waals surface area contributed by atoms with Gasteiger partial charge in [-0.3, -0.25) is 19.3 Å². The van der Waals surface area contributed by atoms with Crippen molar-refractivity contribution in [3.8, 4) is 0 Å². The van der Waals surface area contributed by atoms with Crippen LogP contribution in [0.5, 0.6) is 0 Å². The molecule has 0 spiro atoms. The molecular weight excluding hydrogens is 360 g/mol. The Labute approximate surface area is 162 Å². The fraction of sp³-hybridized carbons (Fsp3) is 0.429. The number of benzene rings is 1. The summed E-state index contributed by atoms with van der Waals surface area (Å²) in [7, 11) is 0. The van der Waals surface area contributed by atoms with Crippen molar-refractivity contribution in [2.75, 3.05) is 11.9 Å². The maximum atomic E-state index is 12.7. The topological polar surface area (TPSA) is 92.8 Å². The Balaban J connectivity index is 1.35. The van der Waals surface area contributed by atoms with Gasteiger partial charge >= 0.3 is 5.97 Å². The molecule has 5 atom stereocenters. The fourth-order valence-electron chi connectivity index (χ4n) is 4.57. The minimum atomic E-state index is -1.05. The van der Waals surface area contributed by atoms with Gasteiger partial charge in [-0.2, -0.15) is 0 Å². The normalized spacial score (nSPS) is 28.4. The number of nitrogens with zero attached hydrogens (tertiary/aromatic N) is 1. The van der Waals surface area contributed by atoms with Gasteiger partial charge in [-0.15, -0.1) is 0 Å². The largest absolute Gasteiger partial charge is 0.454 e. The van der Waals surface area contributed by atoms with Crippen molar-refractivity contribution in [3.63, 3.8) is 0 Å². The predicted octanol–water partition coefficient (Wildman–Crippen LogP) is 1.67. The van der Waals surface area contributed by atoms with Crippen LogP contribution in [0.3, 0.4) is 0 Å². The highest BCUT2D eigenvalue weighted by Gasteiger charge is 2.60. The van der Waals surface area contributed by atoms with Crippen molar-refractivity contribution in [3.05, 3.63) is 42.0 Å². The highest BCUT2D eigenvalue weighted by atomic mass is 16.5. The Bertz CT molecular complexity index is 863. The van der Waals surface area contributed by atoms with Gasteiger partial charge in [0.05, 0.1) is 11.8 Å². The molecule has 0 unspecified atom stereocenters. The third-order valence-electron chi connectivity index (χ3n) is 6.00. The fourth-order valence-corrected chi connectivity index (χ4v) is 4.57. The van der Waals surface area contributed by atoms with Crippen molar-refractivity contribution in [2.45, 2.75) is 26.3 Å². The van der Waals surface area contributed by atoms with Crippen LogP contribution >= 0.6 is 0 Å². The average Bonchev–Trinajstić information content (AvgIpc) is 3.35. The van der Waals surface area contributed by atoms with E-state index in [1.807, 2.05) is 31.2 Å². The van der Waals surface area contributed by atoms with E-state index in [0.717, 1.165) is 16.9 Å². The number of likely N-dealkylation sites (tertiary alicyclic amines) is 1. The Morgan fingerprint density at radius 2 is 1.75 bits per heavy atom. The number of carbonyl (C=O) groups excluding carboxylic acids is 4. The van der Waals surface area contributed by atoms with Crippen LogP contribution in [0.2, 0.25) is 0 Å². The minimum Gasteiger partial charge on any atom is -0.454 e. The molecular formula is C21H22N2O5. The third kappa shape index (κ3) is 2.91. The van der Waals surface area contributed by atoms with Crippen LogP contribution in [-0.4, -0.2) is 41.2 Å². The number of imide groups is 1. The Morgan fingerprint density at radius 3 is 2.36 bits per heavy atom. The SMILES string of the molecule is Cc1ccccc1NC(=O)COC(=O)[C@@H](C)N1C(=O)[C@@H]2[C@H](C1=O)[C@H]1C=C[C@H]2C1. The molecule has 7 nitrogen and oxygen atoms in total. The molecule has 2 bridgehead atoms. The van der Waals surface area contributed by atoms with Crippen molar-refractivity contribution in [2.24, 2.45) is 23.7 Å². The number of anilines is 1. The summed E-state index contributed by atoms with van der Waals surface area (Å²) in [6.45, 7) is 2.84. The highest BCUT2D eigenvalue weighted by Crippen LogP contribution is 2.52. The van der Waals surface area contributed by atoms with Crippen molar-refractivity contribution >= 4 is 29.4 Å². The Hall–Kier alpha value is -2.96. The molecule has 2 aliphatic carbocycles. The zero-order valence-electron chi connectivity index (χ0n) is 15.8. The van der Waals surface area contributed by atoms with Crippen LogP contribution in [0.4, 0.5) is 5.69 Å². The lowest BCUT2D eigenvalue weighted by atomic mass is 9.85. The number of ether oxygens (including phenoxy) is 1. The van der Waals surface area contributed by atoms with Crippen LogP contribution in [0.1, 0.15) is 18.9 Å². The van der Waals surface area contributed by atoms with E-state index in [-0.39, 0.29) is 35.5 Å². The number of para-hydroxylation sites is 1. The molecule has 4 rings (SSSR count). The van der Waals surface area contributed by atoms with Crippen LogP contribution in [0.15, 0.2) is 36.4 Å². The molecule has 1 aliphatic heterocycles. The number of aryl methyl sites for hydroxylation is 1. The monoisotopic (exact) mass is 382 g/mol. The first-order chi connectivity index (χ1) is 13.4. The molecule has 0 radical (unpaired) electrons. The van der Waals surface area contributed by atoms with E-state index in [4.69, 9.17) is 4.74 Å². The second kappa shape index (κ2) is 6.89. The number of nitrogens with one attached hydrogen (secondary N) is 1. The van der Waals surface area contributed by atoms with Crippen LogP contribution < -0.4 is 5.32 Å². The lowest BCUT2D eigenvalue weighted by Crippen LogP contribution is -2.45. The van der Waals surface area contributed by atoms with E-state index in [2.05, 4.69) is 5.32 Å². The summed E-state index contributed by atoms with van der Waals surface area (Å²) in [4.78, 5) is 50.9. The van der Waals surface area contributed by atoms with Gasteiger partial charge in [0.25, 0.3) is 5.91 Å². The zero-order valence-corrected chi connectivity index (χ0v) is 15.8. The maximum absolute atomic E-state index is 12.7. The smallest absolute Gasteiger partial charge is 0.329 e. The molecule has 1 N–H and O–H groups in total. The Kier molecular flexibility index (Phi) is 4.53. The quantitative estimate of drug-likeness (QED) is 0.475. The standard InChI is InChI=1S/C21H22N2O5/c1-11-5-3-4-6-15(11)22-16(24)10-28-21(27)12(2)23-19(25)17-13-7-8-14(9-13)18(17)20(23)26/h3-8,12-14,17-18H,9-10H2,1-2H3,(H,22,24)/t12-,13+,14+,17-,18+/m1/s1. The first-order valence-electron chi connectivity index (χ1n) is 9.46. The highest BCUT2D eigenvalue weighted by molar-refractivity contribution is 6.09. The van der Waals surface area contributed by atoms with Crippen molar-refractivity contribution in [1.82, 2.24) is 4.90 Å². The van der Waals surface area contributed by atoms with Gasteiger partial charge in [-0.05, 0) is 43.7 Å². The molecule has 1 aromatic rings. The molecule has 3 aliphatic rings.